The molecule has 6 heteroatoms. The molecule has 24 heavy (non-hydrogen) atoms. The molecule has 2 heterocycles. The number of hydrogen-bond donors (Lipinski definition) is 1. The van der Waals surface area contributed by atoms with Crippen molar-refractivity contribution in [3.8, 4) is 0 Å². The number of nitrogens with one attached hydrogen (secondary N) is 1. The van der Waals surface area contributed by atoms with Crippen LogP contribution in [0.25, 0.3) is 0 Å². The molecule has 0 aliphatic heterocycles. The number of para-hydroxylation sites is 1. The second-order valence-corrected chi connectivity index (χ2v) is 5.35. The Labute approximate surface area is 140 Å². The Bertz CT molecular complexity index is 816. The molecule has 6 nitrogen and oxygen atoms in total. The van der Waals surface area contributed by atoms with Crippen molar-refractivity contribution in [3.63, 3.8) is 0 Å². The van der Waals surface area contributed by atoms with Crippen molar-refractivity contribution in [2.45, 2.75) is 13.5 Å². The molecule has 0 fully saturated rings. The van der Waals surface area contributed by atoms with Crippen LogP contribution in [0, 0.1) is 6.92 Å². The predicted octanol–water partition coefficient (Wildman–Crippen LogP) is 3.08. The van der Waals surface area contributed by atoms with Gasteiger partial charge in [-0.05, 0) is 37.3 Å². The smallest absolute Gasteiger partial charge is 0.270 e. The van der Waals surface area contributed by atoms with Gasteiger partial charge in [0, 0.05) is 18.4 Å². The number of carbonyl (C=O) groups excluding carboxylic acids is 1. The van der Waals surface area contributed by atoms with Gasteiger partial charge in [0.1, 0.15) is 11.5 Å². The fourth-order valence-electron chi connectivity index (χ4n) is 2.26. The number of anilines is 2. The molecule has 122 valence electrons. The lowest BCUT2D eigenvalue weighted by molar-refractivity contribution is 0.0943. The SMILES string of the molecule is Cc1cc(C(=O)NCc2ccco2)nc(N(C)c2ccccc2)n1. The first-order chi connectivity index (χ1) is 11.6. The van der Waals surface area contributed by atoms with Crippen molar-refractivity contribution in [2.24, 2.45) is 0 Å². The zero-order valence-corrected chi connectivity index (χ0v) is 13.6. The summed E-state index contributed by atoms with van der Waals surface area (Å²) < 4.78 is 5.21. The minimum Gasteiger partial charge on any atom is -0.467 e. The van der Waals surface area contributed by atoms with Crippen LogP contribution in [0.1, 0.15) is 21.9 Å². The van der Waals surface area contributed by atoms with Crippen LogP contribution in [0.3, 0.4) is 0 Å². The topological polar surface area (TPSA) is 71.3 Å². The third-order valence-electron chi connectivity index (χ3n) is 3.52. The highest BCUT2D eigenvalue weighted by atomic mass is 16.3. The van der Waals surface area contributed by atoms with Gasteiger partial charge < -0.3 is 14.6 Å². The van der Waals surface area contributed by atoms with E-state index in [4.69, 9.17) is 4.42 Å². The quantitative estimate of drug-likeness (QED) is 0.781. The summed E-state index contributed by atoms with van der Waals surface area (Å²) in [7, 11) is 1.87. The van der Waals surface area contributed by atoms with Gasteiger partial charge in [-0.25, -0.2) is 9.97 Å². The van der Waals surface area contributed by atoms with E-state index in [9.17, 15) is 4.79 Å². The molecule has 0 spiro atoms. The van der Waals surface area contributed by atoms with E-state index in [1.54, 1.807) is 24.5 Å². The van der Waals surface area contributed by atoms with Crippen LogP contribution in [0.5, 0.6) is 0 Å². The molecule has 0 unspecified atom stereocenters. The third-order valence-corrected chi connectivity index (χ3v) is 3.52. The number of rotatable bonds is 5. The van der Waals surface area contributed by atoms with Crippen LogP contribution in [0.2, 0.25) is 0 Å². The maximum atomic E-state index is 12.3. The molecule has 1 aromatic carbocycles. The minimum absolute atomic E-state index is 0.264. The molecule has 0 saturated carbocycles. The molecular formula is C18H18N4O2. The van der Waals surface area contributed by atoms with Crippen LogP contribution < -0.4 is 10.2 Å². The number of nitrogens with zero attached hydrogens (tertiary/aromatic N) is 3. The highest BCUT2D eigenvalue weighted by molar-refractivity contribution is 5.92. The van der Waals surface area contributed by atoms with Crippen LogP contribution >= 0.6 is 0 Å². The summed E-state index contributed by atoms with van der Waals surface area (Å²) >= 11 is 0. The van der Waals surface area contributed by atoms with Gasteiger partial charge in [-0.15, -0.1) is 0 Å². The fraction of sp³-hybridized carbons (Fsp3) is 0.167. The molecule has 0 radical (unpaired) electrons. The lowest BCUT2D eigenvalue weighted by Crippen LogP contribution is -2.25. The molecule has 0 aliphatic carbocycles. The van der Waals surface area contributed by atoms with E-state index >= 15 is 0 Å². The van der Waals surface area contributed by atoms with E-state index in [0.717, 1.165) is 11.4 Å². The third kappa shape index (κ3) is 3.60. The van der Waals surface area contributed by atoms with Crippen LogP contribution in [-0.2, 0) is 6.54 Å². The molecule has 1 N–H and O–H groups in total. The summed E-state index contributed by atoms with van der Waals surface area (Å²) in [4.78, 5) is 23.0. The molecule has 0 bridgehead atoms. The average Bonchev–Trinajstić information content (AvgIpc) is 3.12. The number of carbonyl (C=O) groups is 1. The van der Waals surface area contributed by atoms with Gasteiger partial charge in [-0.1, -0.05) is 18.2 Å². The molecule has 2 aromatic heterocycles. The van der Waals surface area contributed by atoms with Crippen molar-refractivity contribution in [1.29, 1.82) is 0 Å². The molecule has 0 atom stereocenters. The van der Waals surface area contributed by atoms with Crippen molar-refractivity contribution >= 4 is 17.5 Å². The first-order valence-electron chi connectivity index (χ1n) is 7.58. The van der Waals surface area contributed by atoms with Gasteiger partial charge in [0.05, 0.1) is 12.8 Å². The lowest BCUT2D eigenvalue weighted by Gasteiger charge is -2.18. The van der Waals surface area contributed by atoms with Crippen molar-refractivity contribution in [2.75, 3.05) is 11.9 Å². The molecule has 1 amide bonds. The Kier molecular flexibility index (Phi) is 4.56. The van der Waals surface area contributed by atoms with Crippen LogP contribution in [-0.4, -0.2) is 22.9 Å². The van der Waals surface area contributed by atoms with Gasteiger partial charge in [0.2, 0.25) is 5.95 Å². The van der Waals surface area contributed by atoms with Crippen LogP contribution in [0.15, 0.2) is 59.2 Å². The Morgan fingerprint density at radius 3 is 2.67 bits per heavy atom. The van der Waals surface area contributed by atoms with E-state index in [0.29, 0.717) is 23.9 Å². The molecule has 3 rings (SSSR count). The molecule has 3 aromatic rings. The second-order valence-electron chi connectivity index (χ2n) is 5.35. The monoisotopic (exact) mass is 322 g/mol. The number of furan rings is 1. The van der Waals surface area contributed by atoms with Crippen molar-refractivity contribution in [1.82, 2.24) is 15.3 Å². The Morgan fingerprint density at radius 2 is 1.96 bits per heavy atom. The maximum Gasteiger partial charge on any atom is 0.270 e. The molecule has 0 saturated heterocycles. The zero-order valence-electron chi connectivity index (χ0n) is 13.6. The van der Waals surface area contributed by atoms with E-state index < -0.39 is 0 Å². The normalized spacial score (nSPS) is 10.4. The number of aryl methyl sites for hydroxylation is 1. The standard InChI is InChI=1S/C18H18N4O2/c1-13-11-16(17(23)19-12-15-9-6-10-24-15)21-18(20-13)22(2)14-7-4-3-5-8-14/h3-11H,12H2,1-2H3,(H,19,23). The van der Waals surface area contributed by atoms with E-state index in [1.165, 1.54) is 0 Å². The van der Waals surface area contributed by atoms with Gasteiger partial charge in [0.25, 0.3) is 5.91 Å². The Hall–Kier alpha value is -3.15. The lowest BCUT2D eigenvalue weighted by atomic mass is 10.3. The Morgan fingerprint density at radius 1 is 1.17 bits per heavy atom. The van der Waals surface area contributed by atoms with Gasteiger partial charge in [-0.2, -0.15) is 0 Å². The Balaban J connectivity index is 1.79. The van der Waals surface area contributed by atoms with E-state index in [-0.39, 0.29) is 5.91 Å². The van der Waals surface area contributed by atoms with Gasteiger partial charge >= 0.3 is 0 Å². The summed E-state index contributed by atoms with van der Waals surface area (Å²) in [5.41, 5.74) is 2.00. The zero-order chi connectivity index (χ0) is 16.9. The maximum absolute atomic E-state index is 12.3. The summed E-state index contributed by atoms with van der Waals surface area (Å²) in [6.07, 6.45) is 1.57. The van der Waals surface area contributed by atoms with E-state index in [2.05, 4.69) is 15.3 Å². The number of amides is 1. The molecule has 0 aliphatic rings. The predicted molar refractivity (Wildman–Crippen MR) is 91.2 cm³/mol. The summed E-state index contributed by atoms with van der Waals surface area (Å²) in [6.45, 7) is 2.16. The first kappa shape index (κ1) is 15.7. The van der Waals surface area contributed by atoms with Crippen LogP contribution in [0.4, 0.5) is 11.6 Å². The molecular weight excluding hydrogens is 304 g/mol. The summed E-state index contributed by atoms with van der Waals surface area (Å²) in [5.74, 6) is 0.903. The summed E-state index contributed by atoms with van der Waals surface area (Å²) in [6, 6.07) is 15.0. The number of aromatic nitrogens is 2. The van der Waals surface area contributed by atoms with Crippen molar-refractivity contribution in [3.05, 3.63) is 71.9 Å². The first-order valence-corrected chi connectivity index (χ1v) is 7.58. The second kappa shape index (κ2) is 6.95. The highest BCUT2D eigenvalue weighted by Gasteiger charge is 2.14. The summed E-state index contributed by atoms with van der Waals surface area (Å²) in [5, 5.41) is 2.79. The average molecular weight is 322 g/mol. The number of hydrogen-bond acceptors (Lipinski definition) is 5. The van der Waals surface area contributed by atoms with Gasteiger partial charge in [-0.3, -0.25) is 4.79 Å². The highest BCUT2D eigenvalue weighted by Crippen LogP contribution is 2.20. The minimum atomic E-state index is -0.264. The largest absolute Gasteiger partial charge is 0.467 e. The van der Waals surface area contributed by atoms with E-state index in [1.807, 2.05) is 49.2 Å². The van der Waals surface area contributed by atoms with Gasteiger partial charge in [0.15, 0.2) is 0 Å². The fourth-order valence-corrected chi connectivity index (χ4v) is 2.26. The van der Waals surface area contributed by atoms with Crippen molar-refractivity contribution < 1.29 is 9.21 Å². The number of benzene rings is 1.